The lowest BCUT2D eigenvalue weighted by molar-refractivity contribution is 0.0936. The van der Waals surface area contributed by atoms with Gasteiger partial charge >= 0.3 is 0 Å². The Morgan fingerprint density at radius 1 is 1.13 bits per heavy atom. The standard InChI is InChI=1S/C22H36N4O3S/c1-22(2,3)25-30(28,29)20-12-17(11-19(13-20)24-18-8-5-9-18)21(27)23-14-16-7-6-10-26(4)15-16/h11-13,16,18,24-25H,5-10,14-15H2,1-4H3,(H,23,27). The minimum atomic E-state index is -3.74. The number of sulfonamides is 1. The van der Waals surface area contributed by atoms with E-state index in [1.54, 1.807) is 32.9 Å². The summed E-state index contributed by atoms with van der Waals surface area (Å²) >= 11 is 0. The van der Waals surface area contributed by atoms with Crippen LogP contribution < -0.4 is 15.4 Å². The summed E-state index contributed by atoms with van der Waals surface area (Å²) in [5, 5.41) is 6.40. The Kier molecular flexibility index (Phi) is 7.09. The Bertz CT molecular complexity index is 860. The molecule has 2 fully saturated rings. The molecule has 1 saturated heterocycles. The largest absolute Gasteiger partial charge is 0.382 e. The van der Waals surface area contributed by atoms with Crippen molar-refractivity contribution in [3.05, 3.63) is 23.8 Å². The molecule has 0 aromatic heterocycles. The van der Waals surface area contributed by atoms with Gasteiger partial charge in [-0.1, -0.05) is 0 Å². The SMILES string of the molecule is CN1CCCC(CNC(=O)c2cc(NC3CCC3)cc(S(=O)(=O)NC(C)(C)C)c2)C1. The summed E-state index contributed by atoms with van der Waals surface area (Å²) < 4.78 is 28.5. The number of rotatable bonds is 7. The maximum Gasteiger partial charge on any atom is 0.251 e. The summed E-state index contributed by atoms with van der Waals surface area (Å²) in [5.41, 5.74) is 0.447. The van der Waals surface area contributed by atoms with Crippen molar-refractivity contribution in [2.75, 3.05) is 32.0 Å². The van der Waals surface area contributed by atoms with Crippen LogP contribution in [0.4, 0.5) is 5.69 Å². The average Bonchev–Trinajstić information content (AvgIpc) is 2.60. The molecule has 168 valence electrons. The van der Waals surface area contributed by atoms with E-state index >= 15 is 0 Å². The van der Waals surface area contributed by atoms with Gasteiger partial charge in [0.15, 0.2) is 0 Å². The van der Waals surface area contributed by atoms with E-state index in [9.17, 15) is 13.2 Å². The number of piperidine rings is 1. The Balaban J connectivity index is 1.79. The highest BCUT2D eigenvalue weighted by atomic mass is 32.2. The van der Waals surface area contributed by atoms with Crippen LogP contribution in [-0.2, 0) is 10.0 Å². The quantitative estimate of drug-likeness (QED) is 0.611. The topological polar surface area (TPSA) is 90.5 Å². The van der Waals surface area contributed by atoms with Crippen molar-refractivity contribution in [2.24, 2.45) is 5.92 Å². The molecule has 1 unspecified atom stereocenters. The predicted molar refractivity (Wildman–Crippen MR) is 120 cm³/mol. The smallest absolute Gasteiger partial charge is 0.251 e. The van der Waals surface area contributed by atoms with Crippen LogP contribution in [0.2, 0.25) is 0 Å². The van der Waals surface area contributed by atoms with Crippen LogP contribution in [0.25, 0.3) is 0 Å². The molecule has 7 nitrogen and oxygen atoms in total. The van der Waals surface area contributed by atoms with E-state index in [0.717, 1.165) is 38.8 Å². The van der Waals surface area contributed by atoms with Crippen molar-refractivity contribution < 1.29 is 13.2 Å². The fourth-order valence-corrected chi connectivity index (χ4v) is 5.49. The molecule has 1 heterocycles. The van der Waals surface area contributed by atoms with Crippen molar-refractivity contribution in [3.63, 3.8) is 0 Å². The molecule has 30 heavy (non-hydrogen) atoms. The molecule has 1 aromatic carbocycles. The number of carbonyl (C=O) groups excluding carboxylic acids is 1. The zero-order valence-electron chi connectivity index (χ0n) is 18.6. The number of anilines is 1. The number of carbonyl (C=O) groups is 1. The highest BCUT2D eigenvalue weighted by molar-refractivity contribution is 7.89. The molecule has 1 aliphatic carbocycles. The van der Waals surface area contributed by atoms with E-state index in [1.807, 2.05) is 0 Å². The van der Waals surface area contributed by atoms with E-state index in [1.165, 1.54) is 12.5 Å². The number of benzene rings is 1. The number of hydrogen-bond acceptors (Lipinski definition) is 5. The van der Waals surface area contributed by atoms with Crippen molar-refractivity contribution in [2.45, 2.75) is 69.4 Å². The van der Waals surface area contributed by atoms with Crippen molar-refractivity contribution in [3.8, 4) is 0 Å². The van der Waals surface area contributed by atoms with Crippen molar-refractivity contribution >= 4 is 21.6 Å². The fourth-order valence-electron chi connectivity index (χ4n) is 4.00. The third-order valence-electron chi connectivity index (χ3n) is 5.67. The van der Waals surface area contributed by atoms with E-state index in [-0.39, 0.29) is 10.8 Å². The molecule has 1 amide bonds. The summed E-state index contributed by atoms with van der Waals surface area (Å²) in [4.78, 5) is 15.3. The van der Waals surface area contributed by atoms with Crippen LogP contribution in [0.3, 0.4) is 0 Å². The third kappa shape index (κ3) is 6.43. The Morgan fingerprint density at radius 3 is 2.47 bits per heavy atom. The Hall–Kier alpha value is -1.64. The van der Waals surface area contributed by atoms with Gasteiger partial charge in [0.1, 0.15) is 0 Å². The first-order valence-corrected chi connectivity index (χ1v) is 12.4. The van der Waals surface area contributed by atoms with Gasteiger partial charge < -0.3 is 15.5 Å². The molecular weight excluding hydrogens is 400 g/mol. The molecule has 3 rings (SSSR count). The number of hydrogen-bond donors (Lipinski definition) is 3. The first-order chi connectivity index (χ1) is 14.0. The molecule has 0 radical (unpaired) electrons. The average molecular weight is 437 g/mol. The molecule has 0 spiro atoms. The van der Waals surface area contributed by atoms with E-state index < -0.39 is 15.6 Å². The van der Waals surface area contributed by atoms with Gasteiger partial charge in [0.05, 0.1) is 4.90 Å². The van der Waals surface area contributed by atoms with Crippen molar-refractivity contribution in [1.29, 1.82) is 0 Å². The summed E-state index contributed by atoms with van der Waals surface area (Å²) in [7, 11) is -1.64. The van der Waals surface area contributed by atoms with E-state index in [4.69, 9.17) is 0 Å². The minimum Gasteiger partial charge on any atom is -0.382 e. The van der Waals surface area contributed by atoms with Gasteiger partial charge in [-0.05, 0) is 90.6 Å². The summed E-state index contributed by atoms with van der Waals surface area (Å²) in [6, 6.07) is 5.20. The lowest BCUT2D eigenvalue weighted by Gasteiger charge is -2.30. The molecule has 1 atom stereocenters. The zero-order chi connectivity index (χ0) is 21.9. The first kappa shape index (κ1) is 23.0. The van der Waals surface area contributed by atoms with Gasteiger partial charge in [0, 0.05) is 35.9 Å². The summed E-state index contributed by atoms with van der Waals surface area (Å²) in [6.45, 7) is 8.08. The zero-order valence-corrected chi connectivity index (χ0v) is 19.4. The number of nitrogens with one attached hydrogen (secondary N) is 3. The second-order valence-corrected chi connectivity index (χ2v) is 11.5. The monoisotopic (exact) mass is 436 g/mol. The molecule has 2 aliphatic rings. The number of likely N-dealkylation sites (tertiary alicyclic amines) is 1. The normalized spacial score (nSPS) is 21.1. The van der Waals surface area contributed by atoms with Gasteiger partial charge in [-0.15, -0.1) is 0 Å². The van der Waals surface area contributed by atoms with Gasteiger partial charge in [-0.3, -0.25) is 4.79 Å². The maximum atomic E-state index is 12.9. The van der Waals surface area contributed by atoms with Gasteiger partial charge in [0.2, 0.25) is 10.0 Å². The molecule has 0 bridgehead atoms. The van der Waals surface area contributed by atoms with Gasteiger partial charge in [-0.2, -0.15) is 0 Å². The molecule has 1 aliphatic heterocycles. The van der Waals surface area contributed by atoms with Crippen LogP contribution in [-0.4, -0.2) is 57.5 Å². The van der Waals surface area contributed by atoms with Crippen LogP contribution in [0.1, 0.15) is 63.2 Å². The minimum absolute atomic E-state index is 0.115. The van der Waals surface area contributed by atoms with Gasteiger partial charge in [0.25, 0.3) is 5.91 Å². The first-order valence-electron chi connectivity index (χ1n) is 10.9. The molecule has 1 saturated carbocycles. The van der Waals surface area contributed by atoms with Crippen molar-refractivity contribution in [1.82, 2.24) is 14.9 Å². The molecular formula is C22H36N4O3S. The van der Waals surface area contributed by atoms with Crippen LogP contribution in [0.15, 0.2) is 23.1 Å². The lowest BCUT2D eigenvalue weighted by atomic mass is 9.93. The second kappa shape index (κ2) is 9.24. The van der Waals surface area contributed by atoms with E-state index in [2.05, 4.69) is 27.3 Å². The maximum absolute atomic E-state index is 12.9. The molecule has 8 heteroatoms. The number of amides is 1. The molecule has 1 aromatic rings. The third-order valence-corrected chi connectivity index (χ3v) is 7.41. The Labute approximate surface area is 181 Å². The lowest BCUT2D eigenvalue weighted by Crippen LogP contribution is -2.41. The summed E-state index contributed by atoms with van der Waals surface area (Å²) in [5.74, 6) is 0.197. The van der Waals surface area contributed by atoms with Crippen LogP contribution in [0, 0.1) is 5.92 Å². The Morgan fingerprint density at radius 2 is 1.87 bits per heavy atom. The van der Waals surface area contributed by atoms with Crippen LogP contribution in [0.5, 0.6) is 0 Å². The van der Waals surface area contributed by atoms with E-state index in [0.29, 0.717) is 29.8 Å². The van der Waals surface area contributed by atoms with Gasteiger partial charge in [-0.25, -0.2) is 13.1 Å². The fraction of sp³-hybridized carbons (Fsp3) is 0.682. The molecule has 3 N–H and O–H groups in total. The second-order valence-electron chi connectivity index (χ2n) is 9.85. The number of nitrogens with zero attached hydrogens (tertiary/aromatic N) is 1. The summed E-state index contributed by atoms with van der Waals surface area (Å²) in [6.07, 6.45) is 5.54. The highest BCUT2D eigenvalue weighted by Crippen LogP contribution is 2.26. The van der Waals surface area contributed by atoms with Crippen LogP contribution >= 0.6 is 0 Å². The highest BCUT2D eigenvalue weighted by Gasteiger charge is 2.25. The predicted octanol–water partition coefficient (Wildman–Crippen LogP) is 2.80.